The van der Waals surface area contributed by atoms with E-state index in [2.05, 4.69) is 37.9 Å². The van der Waals surface area contributed by atoms with Crippen molar-refractivity contribution in [1.82, 2.24) is 0 Å². The number of hydrogen-bond donors (Lipinski definition) is 0. The van der Waals surface area contributed by atoms with Gasteiger partial charge >= 0.3 is 0 Å². The van der Waals surface area contributed by atoms with E-state index in [-0.39, 0.29) is 0 Å². The zero-order valence-electron chi connectivity index (χ0n) is 6.90. The van der Waals surface area contributed by atoms with Crippen molar-refractivity contribution in [2.75, 3.05) is 0 Å². The molecule has 0 amide bonds. The SMILES string of the molecule is Clc1cc(C(Br)C2CCC2)sc1Br. The van der Waals surface area contributed by atoms with Crippen LogP contribution < -0.4 is 0 Å². The van der Waals surface area contributed by atoms with Gasteiger partial charge < -0.3 is 0 Å². The van der Waals surface area contributed by atoms with Crippen molar-refractivity contribution in [3.63, 3.8) is 0 Å². The number of alkyl halides is 1. The van der Waals surface area contributed by atoms with E-state index in [0.717, 1.165) is 14.7 Å². The molecular formula is C9H9Br2ClS. The fourth-order valence-corrected chi connectivity index (χ4v) is 4.22. The van der Waals surface area contributed by atoms with E-state index in [0.29, 0.717) is 4.83 Å². The molecule has 2 rings (SSSR count). The number of thiophene rings is 1. The Balaban J connectivity index is 2.14. The summed E-state index contributed by atoms with van der Waals surface area (Å²) in [5.74, 6) is 0.821. The molecule has 0 aliphatic heterocycles. The lowest BCUT2D eigenvalue weighted by Gasteiger charge is -2.29. The van der Waals surface area contributed by atoms with Gasteiger partial charge in [-0.05, 0) is 40.8 Å². The monoisotopic (exact) mass is 342 g/mol. The zero-order valence-corrected chi connectivity index (χ0v) is 11.6. The largest absolute Gasteiger partial charge is 0.130 e. The normalized spacial score (nSPS) is 19.9. The molecule has 4 heteroatoms. The fraction of sp³-hybridized carbons (Fsp3) is 0.556. The highest BCUT2D eigenvalue weighted by Gasteiger charge is 2.27. The quantitative estimate of drug-likeness (QED) is 0.630. The minimum Gasteiger partial charge on any atom is -0.130 e. The van der Waals surface area contributed by atoms with E-state index in [1.54, 1.807) is 11.3 Å². The van der Waals surface area contributed by atoms with E-state index < -0.39 is 0 Å². The maximum absolute atomic E-state index is 5.98. The van der Waals surface area contributed by atoms with Gasteiger partial charge in [-0.15, -0.1) is 11.3 Å². The van der Waals surface area contributed by atoms with Gasteiger partial charge in [0.25, 0.3) is 0 Å². The van der Waals surface area contributed by atoms with Crippen LogP contribution in [0.4, 0.5) is 0 Å². The van der Waals surface area contributed by atoms with Crippen LogP contribution in [0.5, 0.6) is 0 Å². The van der Waals surface area contributed by atoms with Gasteiger partial charge in [-0.25, -0.2) is 0 Å². The summed E-state index contributed by atoms with van der Waals surface area (Å²) >= 11 is 14.9. The topological polar surface area (TPSA) is 0 Å². The molecule has 0 radical (unpaired) electrons. The summed E-state index contributed by atoms with van der Waals surface area (Å²) in [6, 6.07) is 2.06. The first-order chi connectivity index (χ1) is 6.18. The first kappa shape index (κ1) is 10.5. The van der Waals surface area contributed by atoms with Crippen molar-refractivity contribution in [1.29, 1.82) is 0 Å². The Morgan fingerprint density at radius 2 is 2.23 bits per heavy atom. The summed E-state index contributed by atoms with van der Waals surface area (Å²) in [4.78, 5) is 1.86. The Morgan fingerprint density at radius 3 is 2.62 bits per heavy atom. The molecule has 1 aliphatic carbocycles. The van der Waals surface area contributed by atoms with Crippen LogP contribution in [0.2, 0.25) is 5.02 Å². The molecule has 1 unspecified atom stereocenters. The van der Waals surface area contributed by atoms with E-state index >= 15 is 0 Å². The van der Waals surface area contributed by atoms with Crippen LogP contribution in [0.3, 0.4) is 0 Å². The second-order valence-corrected chi connectivity index (χ2v) is 7.16. The smallest absolute Gasteiger partial charge is 0.0887 e. The molecule has 0 spiro atoms. The maximum atomic E-state index is 5.98. The predicted molar refractivity (Wildman–Crippen MR) is 66.0 cm³/mol. The van der Waals surface area contributed by atoms with E-state index in [1.165, 1.54) is 24.1 Å². The molecular weight excluding hydrogens is 335 g/mol. The average molecular weight is 344 g/mol. The van der Waals surface area contributed by atoms with E-state index in [9.17, 15) is 0 Å². The van der Waals surface area contributed by atoms with Crippen molar-refractivity contribution in [2.45, 2.75) is 24.1 Å². The van der Waals surface area contributed by atoms with E-state index in [1.807, 2.05) is 0 Å². The molecule has 1 saturated carbocycles. The second kappa shape index (κ2) is 4.21. The summed E-state index contributed by atoms with van der Waals surface area (Å²) < 4.78 is 1.05. The average Bonchev–Trinajstić information content (AvgIpc) is 2.28. The van der Waals surface area contributed by atoms with Crippen molar-refractivity contribution in [3.05, 3.63) is 19.8 Å². The van der Waals surface area contributed by atoms with Crippen molar-refractivity contribution in [2.24, 2.45) is 5.92 Å². The van der Waals surface area contributed by atoms with Crippen LogP contribution >= 0.6 is 54.8 Å². The Labute approximate surface area is 104 Å². The fourth-order valence-electron chi connectivity index (χ4n) is 1.46. The number of hydrogen-bond acceptors (Lipinski definition) is 1. The maximum Gasteiger partial charge on any atom is 0.0887 e. The summed E-state index contributed by atoms with van der Waals surface area (Å²) in [6.07, 6.45) is 4.08. The molecule has 72 valence electrons. The van der Waals surface area contributed by atoms with Gasteiger partial charge in [0.05, 0.1) is 13.6 Å². The molecule has 0 aromatic carbocycles. The minimum atomic E-state index is 0.509. The third kappa shape index (κ3) is 2.14. The Bertz CT molecular complexity index is 287. The van der Waals surface area contributed by atoms with Gasteiger partial charge in [0.2, 0.25) is 0 Å². The van der Waals surface area contributed by atoms with Crippen LogP contribution in [0, 0.1) is 5.92 Å². The molecule has 1 fully saturated rings. The first-order valence-electron chi connectivity index (χ1n) is 4.27. The predicted octanol–water partition coefficient (Wildman–Crippen LogP) is 5.40. The molecule has 1 heterocycles. The minimum absolute atomic E-state index is 0.509. The molecule has 0 bridgehead atoms. The summed E-state index contributed by atoms with van der Waals surface area (Å²) in [6.45, 7) is 0. The summed E-state index contributed by atoms with van der Waals surface area (Å²) in [7, 11) is 0. The number of rotatable bonds is 2. The van der Waals surface area contributed by atoms with Gasteiger partial charge in [0, 0.05) is 4.88 Å². The summed E-state index contributed by atoms with van der Waals surface area (Å²) in [5.41, 5.74) is 0. The highest BCUT2D eigenvalue weighted by Crippen LogP contribution is 2.47. The number of halogens is 3. The molecule has 1 aromatic heterocycles. The molecule has 0 nitrogen and oxygen atoms in total. The highest BCUT2D eigenvalue weighted by atomic mass is 79.9. The van der Waals surface area contributed by atoms with Crippen molar-refractivity contribution >= 4 is 54.8 Å². The molecule has 1 aromatic rings. The lowest BCUT2D eigenvalue weighted by molar-refractivity contribution is 0.314. The van der Waals surface area contributed by atoms with Gasteiger partial charge in [-0.1, -0.05) is 34.0 Å². The van der Waals surface area contributed by atoms with Crippen molar-refractivity contribution < 1.29 is 0 Å². The molecule has 0 saturated heterocycles. The van der Waals surface area contributed by atoms with Crippen LogP contribution in [0.15, 0.2) is 9.85 Å². The zero-order chi connectivity index (χ0) is 9.42. The standard InChI is InChI=1S/C9H9Br2ClS/c10-8(5-2-1-3-5)7-4-6(12)9(11)13-7/h4-5,8H,1-3H2. The third-order valence-electron chi connectivity index (χ3n) is 2.50. The lowest BCUT2D eigenvalue weighted by Crippen LogP contribution is -2.15. The van der Waals surface area contributed by atoms with Crippen molar-refractivity contribution in [3.8, 4) is 0 Å². The first-order valence-corrected chi connectivity index (χ1v) is 7.17. The molecule has 1 atom stereocenters. The van der Waals surface area contributed by atoms with Crippen LogP contribution in [-0.4, -0.2) is 0 Å². The Hall–Kier alpha value is 0.950. The second-order valence-electron chi connectivity index (χ2n) is 3.36. The molecule has 0 N–H and O–H groups in total. The van der Waals surface area contributed by atoms with Crippen LogP contribution in [-0.2, 0) is 0 Å². The van der Waals surface area contributed by atoms with E-state index in [4.69, 9.17) is 11.6 Å². The summed E-state index contributed by atoms with van der Waals surface area (Å²) in [5, 5.41) is 0.837. The van der Waals surface area contributed by atoms with Gasteiger partial charge in [0.1, 0.15) is 0 Å². The van der Waals surface area contributed by atoms with Crippen LogP contribution in [0.1, 0.15) is 29.0 Å². The third-order valence-corrected chi connectivity index (χ3v) is 6.60. The Morgan fingerprint density at radius 1 is 1.54 bits per heavy atom. The van der Waals surface area contributed by atoms with Crippen LogP contribution in [0.25, 0.3) is 0 Å². The Kier molecular flexibility index (Phi) is 3.39. The molecule has 13 heavy (non-hydrogen) atoms. The highest BCUT2D eigenvalue weighted by molar-refractivity contribution is 9.11. The van der Waals surface area contributed by atoms with Gasteiger partial charge in [-0.2, -0.15) is 0 Å². The molecule has 1 aliphatic rings. The lowest BCUT2D eigenvalue weighted by atomic mass is 9.82. The van der Waals surface area contributed by atoms with Gasteiger partial charge in [0.15, 0.2) is 0 Å². The van der Waals surface area contributed by atoms with Gasteiger partial charge in [-0.3, -0.25) is 0 Å².